The molecule has 0 saturated carbocycles. The number of nitrogens with zero attached hydrogens (tertiary/aromatic N) is 1. The molecule has 2 rings (SSSR count). The number of rotatable bonds is 3. The Labute approximate surface area is 109 Å². The summed E-state index contributed by atoms with van der Waals surface area (Å²) in [4.78, 5) is 4.31. The maximum absolute atomic E-state index is 9.24. The van der Waals surface area contributed by atoms with Crippen LogP contribution in [0.4, 0.5) is 11.5 Å². The number of aliphatic hydroxyl groups excluding tert-OH is 1. The first-order valence-electron chi connectivity index (χ1n) is 5.28. The molecule has 0 unspecified atom stereocenters. The van der Waals surface area contributed by atoms with E-state index in [0.717, 1.165) is 27.1 Å². The molecule has 2 aromatic rings. The van der Waals surface area contributed by atoms with Crippen molar-refractivity contribution >= 4 is 27.4 Å². The highest BCUT2D eigenvalue weighted by Crippen LogP contribution is 2.26. The fourth-order valence-corrected chi connectivity index (χ4v) is 2.10. The Morgan fingerprint density at radius 3 is 2.82 bits per heavy atom. The maximum atomic E-state index is 9.24. The Morgan fingerprint density at radius 1 is 1.35 bits per heavy atom. The topological polar surface area (TPSA) is 45.2 Å². The minimum Gasteiger partial charge on any atom is -0.392 e. The van der Waals surface area contributed by atoms with E-state index in [2.05, 4.69) is 26.2 Å². The van der Waals surface area contributed by atoms with Gasteiger partial charge in [0, 0.05) is 17.4 Å². The number of para-hydroxylation sites is 1. The molecule has 0 bridgehead atoms. The lowest BCUT2D eigenvalue weighted by molar-refractivity contribution is 0.282. The highest BCUT2D eigenvalue weighted by atomic mass is 79.9. The molecule has 0 spiro atoms. The van der Waals surface area contributed by atoms with Crippen molar-refractivity contribution in [2.45, 2.75) is 13.5 Å². The molecule has 3 nitrogen and oxygen atoms in total. The number of aryl methyl sites for hydroxylation is 1. The number of aromatic nitrogens is 1. The lowest BCUT2D eigenvalue weighted by Gasteiger charge is -2.11. The van der Waals surface area contributed by atoms with Gasteiger partial charge in [-0.15, -0.1) is 0 Å². The molecule has 0 aliphatic rings. The van der Waals surface area contributed by atoms with Crippen molar-refractivity contribution in [3.63, 3.8) is 0 Å². The van der Waals surface area contributed by atoms with E-state index in [9.17, 15) is 5.11 Å². The van der Waals surface area contributed by atoms with Crippen molar-refractivity contribution < 1.29 is 5.11 Å². The Balaban J connectivity index is 2.31. The van der Waals surface area contributed by atoms with Crippen molar-refractivity contribution in [2.75, 3.05) is 5.32 Å². The standard InChI is InChI=1S/C13H13BrN2O/c1-9-6-11(14)13(15-7-9)16-12-5-3-2-4-10(12)8-17/h2-7,17H,8H2,1H3,(H,15,16). The predicted molar refractivity (Wildman–Crippen MR) is 72.3 cm³/mol. The van der Waals surface area contributed by atoms with Gasteiger partial charge in [0.05, 0.1) is 11.1 Å². The summed E-state index contributed by atoms with van der Waals surface area (Å²) in [6, 6.07) is 9.61. The van der Waals surface area contributed by atoms with Crippen LogP contribution in [-0.4, -0.2) is 10.1 Å². The predicted octanol–water partition coefficient (Wildman–Crippen LogP) is 3.39. The van der Waals surface area contributed by atoms with Gasteiger partial charge in [0.15, 0.2) is 0 Å². The van der Waals surface area contributed by atoms with Crippen LogP contribution in [0.2, 0.25) is 0 Å². The van der Waals surface area contributed by atoms with Crippen LogP contribution in [0, 0.1) is 6.92 Å². The maximum Gasteiger partial charge on any atom is 0.144 e. The molecule has 0 radical (unpaired) electrons. The lowest BCUT2D eigenvalue weighted by Crippen LogP contribution is -1.98. The van der Waals surface area contributed by atoms with Crippen LogP contribution in [0.15, 0.2) is 41.0 Å². The molecular formula is C13H13BrN2O. The minimum atomic E-state index is 0.00660. The zero-order chi connectivity index (χ0) is 12.3. The van der Waals surface area contributed by atoms with Crippen LogP contribution >= 0.6 is 15.9 Å². The van der Waals surface area contributed by atoms with Crippen LogP contribution in [0.1, 0.15) is 11.1 Å². The number of hydrogen-bond acceptors (Lipinski definition) is 3. The first kappa shape index (κ1) is 12.1. The number of aliphatic hydroxyl groups is 1. The van der Waals surface area contributed by atoms with E-state index in [4.69, 9.17) is 0 Å². The van der Waals surface area contributed by atoms with Crippen LogP contribution < -0.4 is 5.32 Å². The van der Waals surface area contributed by atoms with Gasteiger partial charge in [0.25, 0.3) is 0 Å². The van der Waals surface area contributed by atoms with E-state index < -0.39 is 0 Å². The normalized spacial score (nSPS) is 10.3. The zero-order valence-corrected chi connectivity index (χ0v) is 11.0. The average molecular weight is 293 g/mol. The quantitative estimate of drug-likeness (QED) is 0.911. The van der Waals surface area contributed by atoms with Gasteiger partial charge >= 0.3 is 0 Å². The van der Waals surface area contributed by atoms with E-state index in [1.165, 1.54) is 0 Å². The molecule has 88 valence electrons. The van der Waals surface area contributed by atoms with E-state index in [1.807, 2.05) is 37.3 Å². The summed E-state index contributed by atoms with van der Waals surface area (Å²) >= 11 is 3.46. The molecular weight excluding hydrogens is 280 g/mol. The number of pyridine rings is 1. The smallest absolute Gasteiger partial charge is 0.144 e. The van der Waals surface area contributed by atoms with Crippen molar-refractivity contribution in [3.05, 3.63) is 52.1 Å². The molecule has 1 heterocycles. The molecule has 0 amide bonds. The molecule has 0 fully saturated rings. The largest absolute Gasteiger partial charge is 0.392 e. The highest BCUT2D eigenvalue weighted by molar-refractivity contribution is 9.10. The molecule has 0 saturated heterocycles. The van der Waals surface area contributed by atoms with Crippen LogP contribution in [0.25, 0.3) is 0 Å². The van der Waals surface area contributed by atoms with Crippen LogP contribution in [0.5, 0.6) is 0 Å². The zero-order valence-electron chi connectivity index (χ0n) is 9.44. The molecule has 0 aliphatic carbocycles. The molecule has 1 aromatic carbocycles. The van der Waals surface area contributed by atoms with Gasteiger partial charge in [-0.1, -0.05) is 18.2 Å². The third kappa shape index (κ3) is 2.84. The summed E-state index contributed by atoms with van der Waals surface area (Å²) in [6.45, 7) is 2.00. The Hall–Kier alpha value is -1.39. The van der Waals surface area contributed by atoms with Gasteiger partial charge in [0.1, 0.15) is 5.82 Å². The number of hydrogen-bond donors (Lipinski definition) is 2. The van der Waals surface area contributed by atoms with Crippen LogP contribution in [0.3, 0.4) is 0 Å². The minimum absolute atomic E-state index is 0.00660. The lowest BCUT2D eigenvalue weighted by atomic mass is 10.2. The summed E-state index contributed by atoms with van der Waals surface area (Å²) in [5, 5.41) is 12.4. The molecule has 0 aliphatic heterocycles. The molecule has 4 heteroatoms. The van der Waals surface area contributed by atoms with Crippen molar-refractivity contribution in [3.8, 4) is 0 Å². The van der Waals surface area contributed by atoms with Crippen molar-refractivity contribution in [2.24, 2.45) is 0 Å². The number of benzene rings is 1. The van der Waals surface area contributed by atoms with Gasteiger partial charge in [-0.05, 0) is 40.5 Å². The van der Waals surface area contributed by atoms with Crippen molar-refractivity contribution in [1.29, 1.82) is 0 Å². The third-order valence-corrected chi connectivity index (χ3v) is 3.02. The monoisotopic (exact) mass is 292 g/mol. The fourth-order valence-electron chi connectivity index (χ4n) is 1.53. The Morgan fingerprint density at radius 2 is 2.12 bits per heavy atom. The summed E-state index contributed by atoms with van der Waals surface area (Å²) < 4.78 is 0.908. The van der Waals surface area contributed by atoms with Gasteiger partial charge < -0.3 is 10.4 Å². The van der Waals surface area contributed by atoms with Gasteiger partial charge in [0.2, 0.25) is 0 Å². The van der Waals surface area contributed by atoms with E-state index >= 15 is 0 Å². The second-order valence-electron chi connectivity index (χ2n) is 3.78. The second kappa shape index (κ2) is 5.29. The first-order chi connectivity index (χ1) is 8.20. The third-order valence-electron chi connectivity index (χ3n) is 2.42. The van der Waals surface area contributed by atoms with E-state index in [0.29, 0.717) is 0 Å². The summed E-state index contributed by atoms with van der Waals surface area (Å²) in [5.41, 5.74) is 2.81. The molecule has 17 heavy (non-hydrogen) atoms. The molecule has 1 aromatic heterocycles. The highest BCUT2D eigenvalue weighted by Gasteiger charge is 2.05. The first-order valence-corrected chi connectivity index (χ1v) is 6.08. The van der Waals surface area contributed by atoms with Gasteiger partial charge in [-0.2, -0.15) is 0 Å². The van der Waals surface area contributed by atoms with Gasteiger partial charge in [-0.25, -0.2) is 4.98 Å². The Kier molecular flexibility index (Phi) is 3.76. The van der Waals surface area contributed by atoms with E-state index in [-0.39, 0.29) is 6.61 Å². The van der Waals surface area contributed by atoms with E-state index in [1.54, 1.807) is 6.20 Å². The number of halogens is 1. The van der Waals surface area contributed by atoms with Crippen LogP contribution in [-0.2, 0) is 6.61 Å². The fraction of sp³-hybridized carbons (Fsp3) is 0.154. The Bertz CT molecular complexity index is 529. The SMILES string of the molecule is Cc1cnc(Nc2ccccc2CO)c(Br)c1. The number of nitrogens with one attached hydrogen (secondary N) is 1. The second-order valence-corrected chi connectivity index (χ2v) is 4.64. The summed E-state index contributed by atoms with van der Waals surface area (Å²) in [6.07, 6.45) is 1.80. The average Bonchev–Trinajstić information content (AvgIpc) is 2.33. The van der Waals surface area contributed by atoms with Crippen molar-refractivity contribution in [1.82, 2.24) is 4.98 Å². The molecule has 0 atom stereocenters. The molecule has 2 N–H and O–H groups in total. The van der Waals surface area contributed by atoms with Gasteiger partial charge in [-0.3, -0.25) is 0 Å². The summed E-state index contributed by atoms with van der Waals surface area (Å²) in [5.74, 6) is 0.747. The number of anilines is 2. The summed E-state index contributed by atoms with van der Waals surface area (Å²) in [7, 11) is 0.